The number of carbonyl (C=O) groups is 1. The van der Waals surface area contributed by atoms with Crippen molar-refractivity contribution in [2.75, 3.05) is 19.6 Å². The Kier molecular flexibility index (Phi) is 9.51. The van der Waals surface area contributed by atoms with Crippen molar-refractivity contribution in [1.29, 1.82) is 5.26 Å². The van der Waals surface area contributed by atoms with Crippen molar-refractivity contribution in [3.05, 3.63) is 99.9 Å². The molecule has 0 radical (unpaired) electrons. The van der Waals surface area contributed by atoms with Gasteiger partial charge in [0.25, 0.3) is 0 Å². The van der Waals surface area contributed by atoms with E-state index in [2.05, 4.69) is 15.8 Å². The van der Waals surface area contributed by atoms with E-state index in [1.165, 1.54) is 6.07 Å². The second-order valence-electron chi connectivity index (χ2n) is 14.2. The summed E-state index contributed by atoms with van der Waals surface area (Å²) in [5.74, 6) is -0.342. The molecule has 1 N–H and O–H groups in total. The first kappa shape index (κ1) is 35.9. The summed E-state index contributed by atoms with van der Waals surface area (Å²) in [6, 6.07) is 20.0. The molecule has 0 unspecified atom stereocenters. The van der Waals surface area contributed by atoms with Gasteiger partial charge in [0.05, 0.1) is 12.1 Å². The second-order valence-corrected chi connectivity index (χ2v) is 14.2. The first-order chi connectivity index (χ1) is 26.6. The molecule has 11 nitrogen and oxygen atoms in total. The quantitative estimate of drug-likeness (QED) is 0.136. The van der Waals surface area contributed by atoms with Crippen molar-refractivity contribution in [2.45, 2.75) is 64.9 Å². The van der Waals surface area contributed by atoms with Crippen molar-refractivity contribution < 1.29 is 32.3 Å². The average molecular weight is 743 g/mol. The lowest BCUT2D eigenvalue weighted by molar-refractivity contribution is -0.142. The zero-order valence-corrected chi connectivity index (χ0v) is 30.2. The van der Waals surface area contributed by atoms with Crippen LogP contribution in [0.4, 0.5) is 8.78 Å². The van der Waals surface area contributed by atoms with E-state index in [1.54, 1.807) is 11.0 Å². The van der Waals surface area contributed by atoms with E-state index in [4.69, 9.17) is 30.1 Å². The molecule has 55 heavy (non-hydrogen) atoms. The zero-order chi connectivity index (χ0) is 38.4. The van der Waals surface area contributed by atoms with Gasteiger partial charge in [-0.2, -0.15) is 14.0 Å². The summed E-state index contributed by atoms with van der Waals surface area (Å²) < 4.78 is 44.3. The summed E-state index contributed by atoms with van der Waals surface area (Å²) in [6.07, 6.45) is 2.02. The molecule has 0 amide bonds. The van der Waals surface area contributed by atoms with E-state index in [9.17, 15) is 23.9 Å². The highest BCUT2D eigenvalue weighted by molar-refractivity contribution is 5.86. The highest BCUT2D eigenvalue weighted by Gasteiger charge is 2.32. The van der Waals surface area contributed by atoms with Crippen LogP contribution >= 0.6 is 0 Å². The number of hydrogen-bond acceptors (Lipinski definition) is 9. The Bertz CT molecular complexity index is 2550. The van der Waals surface area contributed by atoms with Crippen LogP contribution in [0.15, 0.2) is 69.5 Å². The van der Waals surface area contributed by atoms with Crippen LogP contribution in [0.2, 0.25) is 0 Å². The third-order valence-electron chi connectivity index (χ3n) is 10.7. The van der Waals surface area contributed by atoms with Crippen molar-refractivity contribution in [2.24, 2.45) is 0 Å². The predicted octanol–water partition coefficient (Wildman–Crippen LogP) is 8.60. The van der Waals surface area contributed by atoms with Gasteiger partial charge < -0.3 is 23.5 Å². The van der Waals surface area contributed by atoms with E-state index in [-0.39, 0.29) is 23.9 Å². The molecule has 2 atom stereocenters. The van der Waals surface area contributed by atoms with Gasteiger partial charge >= 0.3 is 12.6 Å². The molecule has 0 bridgehead atoms. The minimum Gasteiger partial charge on any atom is -0.480 e. The number of fused-ring (bicyclic) bond motifs is 2. The second kappa shape index (κ2) is 14.6. The molecule has 2 fully saturated rings. The molecule has 0 spiro atoms. The van der Waals surface area contributed by atoms with E-state index >= 15 is 0 Å². The average Bonchev–Trinajstić information content (AvgIpc) is 3.98. The largest absolute Gasteiger partial charge is 0.480 e. The number of oxazole rings is 2. The number of alkyl halides is 2. The van der Waals surface area contributed by atoms with Crippen molar-refractivity contribution >= 4 is 28.2 Å². The Hall–Kier alpha value is -6.15. The van der Waals surface area contributed by atoms with Crippen LogP contribution in [-0.2, 0) is 17.9 Å². The van der Waals surface area contributed by atoms with Crippen LogP contribution < -0.4 is 4.74 Å². The molecule has 2 aliphatic heterocycles. The van der Waals surface area contributed by atoms with E-state index in [1.807, 2.05) is 62.4 Å². The molecular formula is C42H36F2N6O5. The Morgan fingerprint density at radius 1 is 0.982 bits per heavy atom. The van der Waals surface area contributed by atoms with Crippen LogP contribution in [-0.4, -0.2) is 69.2 Å². The third kappa shape index (κ3) is 6.89. The molecule has 278 valence electrons. The number of halogens is 2. The minimum atomic E-state index is -3.08. The van der Waals surface area contributed by atoms with Gasteiger partial charge in [0.15, 0.2) is 11.2 Å². The Labute approximate surface area is 315 Å². The van der Waals surface area contributed by atoms with Gasteiger partial charge in [-0.05, 0) is 91.4 Å². The highest BCUT2D eigenvalue weighted by atomic mass is 19.3. The first-order valence-corrected chi connectivity index (χ1v) is 18.1. The van der Waals surface area contributed by atoms with Crippen molar-refractivity contribution in [1.82, 2.24) is 19.8 Å². The number of aliphatic carboxylic acids is 1. The molecule has 2 saturated heterocycles. The Morgan fingerprint density at radius 3 is 2.33 bits per heavy atom. The fourth-order valence-corrected chi connectivity index (χ4v) is 7.97. The van der Waals surface area contributed by atoms with E-state index in [0.29, 0.717) is 77.6 Å². The summed E-state index contributed by atoms with van der Waals surface area (Å²) >= 11 is 0. The number of nitrogens with zero attached hydrogens (tertiary/aromatic N) is 6. The first-order valence-electron chi connectivity index (χ1n) is 18.1. The number of aromatic nitrogens is 2. The molecule has 8 rings (SSSR count). The maximum absolute atomic E-state index is 13.5. The van der Waals surface area contributed by atoms with Crippen molar-refractivity contribution in [3.8, 4) is 45.9 Å². The lowest BCUT2D eigenvalue weighted by atomic mass is 9.91. The van der Waals surface area contributed by atoms with Gasteiger partial charge in [0, 0.05) is 48.8 Å². The summed E-state index contributed by atoms with van der Waals surface area (Å²) in [4.78, 5) is 29.1. The van der Waals surface area contributed by atoms with E-state index in [0.717, 1.165) is 46.3 Å². The lowest BCUT2D eigenvalue weighted by Gasteiger charge is -2.22. The monoisotopic (exact) mass is 742 g/mol. The topological polar surface area (TPSA) is 133 Å². The fourth-order valence-electron chi connectivity index (χ4n) is 7.97. The van der Waals surface area contributed by atoms with Gasteiger partial charge in [-0.15, -0.1) is 0 Å². The number of nitriles is 1. The third-order valence-corrected chi connectivity index (χ3v) is 10.7. The van der Waals surface area contributed by atoms with Gasteiger partial charge in [-0.1, -0.05) is 24.3 Å². The highest BCUT2D eigenvalue weighted by Crippen LogP contribution is 2.39. The van der Waals surface area contributed by atoms with Gasteiger partial charge in [0.1, 0.15) is 28.9 Å². The zero-order valence-electron chi connectivity index (χ0n) is 30.2. The minimum absolute atomic E-state index is 0.00492. The Morgan fingerprint density at radius 2 is 1.67 bits per heavy atom. The van der Waals surface area contributed by atoms with Crippen molar-refractivity contribution in [3.63, 3.8) is 0 Å². The van der Waals surface area contributed by atoms with Gasteiger partial charge in [-0.25, -0.2) is 16.5 Å². The number of likely N-dealkylation sites (tertiary alicyclic amines) is 2. The summed E-state index contributed by atoms with van der Waals surface area (Å²) in [7, 11) is 0. The number of hydrogen-bond donors (Lipinski definition) is 1. The lowest BCUT2D eigenvalue weighted by Crippen LogP contribution is -2.35. The number of ether oxygens (including phenoxy) is 1. The molecular weight excluding hydrogens is 706 g/mol. The fraction of sp³-hybridized carbons (Fsp3) is 0.310. The maximum Gasteiger partial charge on any atom is 0.387 e. The smallest absolute Gasteiger partial charge is 0.387 e. The summed E-state index contributed by atoms with van der Waals surface area (Å²) in [5.41, 5.74) is 8.56. The Balaban J connectivity index is 1.12. The normalized spacial score (nSPS) is 17.7. The van der Waals surface area contributed by atoms with Gasteiger partial charge in [-0.3, -0.25) is 14.6 Å². The summed E-state index contributed by atoms with van der Waals surface area (Å²) in [5, 5.41) is 19.7. The van der Waals surface area contributed by atoms with Crippen LogP contribution in [0.5, 0.6) is 5.75 Å². The molecule has 2 aliphatic rings. The predicted molar refractivity (Wildman–Crippen MR) is 200 cm³/mol. The van der Waals surface area contributed by atoms with Crippen LogP contribution in [0.1, 0.15) is 47.1 Å². The molecule has 0 saturated carbocycles. The molecule has 13 heteroatoms. The molecule has 2 aromatic heterocycles. The number of benzene rings is 4. The standard InChI is InChI=1S/C42H36F2N6O5/c1-23-29(7-4-9-31(23)39-47-33-17-27(21-50-13-6-11-35(50)41(51)52)36(54-42(43)44)18-37(33)53-39)30-8-5-10-32(24(30)2)40-48-34-16-25(15-26(19-45)38(34)55-40)20-49-14-12-28(22-49)46-3/h4-5,7-10,15-18,28,35,42H,6,11-14,20-22H2,1-2H3,(H,51,52)/t28-,35+/m1/s1. The number of carboxylic acid groups (broad SMARTS) is 1. The number of carboxylic acids is 1. The van der Waals surface area contributed by atoms with Gasteiger partial charge in [0.2, 0.25) is 17.8 Å². The molecule has 4 heterocycles. The SMILES string of the molecule is [C-]#[N+][C@@H]1CCN(Cc2cc(C#N)c3oc(-c4cccc(-c5cccc(-c6nc7cc(CN8CCC[C@H]8C(=O)O)c(OC(F)F)cc7o6)c5C)c4C)nc3c2)C1. The van der Waals surface area contributed by atoms with Crippen LogP contribution in [0.25, 0.3) is 61.1 Å². The maximum atomic E-state index is 13.5. The van der Waals surface area contributed by atoms with Crippen LogP contribution in [0.3, 0.4) is 0 Å². The molecule has 0 aliphatic carbocycles. The number of rotatable bonds is 10. The molecule has 6 aromatic rings. The molecule has 4 aromatic carbocycles. The summed E-state index contributed by atoms with van der Waals surface area (Å²) in [6.45, 7) is 11.0. The van der Waals surface area contributed by atoms with E-state index < -0.39 is 18.6 Å². The van der Waals surface area contributed by atoms with Crippen LogP contribution in [0, 0.1) is 31.8 Å².